The highest BCUT2D eigenvalue weighted by Gasteiger charge is 2.15. The molecule has 0 N–H and O–H groups in total. The zero-order valence-electron chi connectivity index (χ0n) is 9.52. The van der Waals surface area contributed by atoms with Crippen LogP contribution < -0.4 is 0 Å². The topological polar surface area (TPSA) is 0 Å². The number of aryl methyl sites for hydroxylation is 1. The summed E-state index contributed by atoms with van der Waals surface area (Å²) in [6.45, 7) is 8.94. The Morgan fingerprint density at radius 2 is 1.87 bits per heavy atom. The first-order valence-corrected chi connectivity index (χ1v) is 6.69. The second-order valence-corrected chi connectivity index (χ2v) is 7.33. The summed E-state index contributed by atoms with van der Waals surface area (Å²) in [6.07, 6.45) is 0. The van der Waals surface area contributed by atoms with Crippen LogP contribution in [0.3, 0.4) is 0 Å². The molecule has 0 aliphatic carbocycles. The highest BCUT2D eigenvalue weighted by Crippen LogP contribution is 2.37. The van der Waals surface area contributed by atoms with Gasteiger partial charge in [-0.1, -0.05) is 26.8 Å². The molecule has 0 aliphatic rings. The van der Waals surface area contributed by atoms with Crippen molar-refractivity contribution in [1.29, 1.82) is 0 Å². The first kappa shape index (κ1) is 11.2. The zero-order chi connectivity index (χ0) is 11.2. The molecule has 0 spiro atoms. The molecule has 2 heteroatoms. The fourth-order valence-electron chi connectivity index (χ4n) is 1.66. The lowest BCUT2D eigenvalue weighted by Crippen LogP contribution is -2.10. The summed E-state index contributed by atoms with van der Waals surface area (Å²) in [7, 11) is 0. The van der Waals surface area contributed by atoms with Gasteiger partial charge >= 0.3 is 0 Å². The van der Waals surface area contributed by atoms with E-state index >= 15 is 0 Å². The molecule has 0 atom stereocenters. The predicted octanol–water partition coefficient (Wildman–Crippen LogP) is 5.27. The molecule has 2 rings (SSSR count). The summed E-state index contributed by atoms with van der Waals surface area (Å²) in [5.41, 5.74) is 3.00. The van der Waals surface area contributed by atoms with Crippen LogP contribution in [0.2, 0.25) is 0 Å². The maximum atomic E-state index is 3.60. The van der Waals surface area contributed by atoms with Gasteiger partial charge in [-0.15, -0.1) is 11.3 Å². The molecule has 1 aromatic heterocycles. The van der Waals surface area contributed by atoms with E-state index in [2.05, 4.69) is 61.8 Å². The van der Waals surface area contributed by atoms with Crippen LogP contribution in [0, 0.1) is 6.92 Å². The van der Waals surface area contributed by atoms with E-state index < -0.39 is 0 Å². The quantitative estimate of drug-likeness (QED) is 0.618. The fraction of sp³-hybridized carbons (Fsp3) is 0.385. The van der Waals surface area contributed by atoms with Crippen LogP contribution >= 0.6 is 27.3 Å². The van der Waals surface area contributed by atoms with Gasteiger partial charge in [0.1, 0.15) is 0 Å². The minimum atomic E-state index is 0.231. The van der Waals surface area contributed by atoms with E-state index in [9.17, 15) is 0 Å². The van der Waals surface area contributed by atoms with E-state index in [-0.39, 0.29) is 5.41 Å². The van der Waals surface area contributed by atoms with Crippen LogP contribution in [-0.2, 0) is 5.41 Å². The Labute approximate surface area is 103 Å². The predicted molar refractivity (Wildman–Crippen MR) is 73.0 cm³/mol. The standard InChI is InChI=1S/C13H15BrS/c1-8-10-7-9(13(2,3)4)5-6-11(10)15-12(8)14/h5-7H,1-4H3. The summed E-state index contributed by atoms with van der Waals surface area (Å²) in [4.78, 5) is 0. The minimum Gasteiger partial charge on any atom is -0.128 e. The Morgan fingerprint density at radius 3 is 2.47 bits per heavy atom. The molecule has 0 nitrogen and oxygen atoms in total. The summed E-state index contributed by atoms with van der Waals surface area (Å²) in [6, 6.07) is 6.80. The Balaban J connectivity index is 2.70. The first-order chi connectivity index (χ1) is 6.89. The van der Waals surface area contributed by atoms with Gasteiger partial charge in [-0.05, 0) is 56.9 Å². The third-order valence-corrected chi connectivity index (χ3v) is 4.89. The van der Waals surface area contributed by atoms with E-state index in [1.54, 1.807) is 0 Å². The number of hydrogen-bond donors (Lipinski definition) is 0. The molecule has 0 bridgehead atoms. The number of halogens is 1. The average molecular weight is 283 g/mol. The van der Waals surface area contributed by atoms with Gasteiger partial charge in [0.05, 0.1) is 3.79 Å². The van der Waals surface area contributed by atoms with Crippen LogP contribution in [-0.4, -0.2) is 0 Å². The molecule has 0 amide bonds. The summed E-state index contributed by atoms with van der Waals surface area (Å²) in [5.74, 6) is 0. The van der Waals surface area contributed by atoms with Gasteiger partial charge in [-0.25, -0.2) is 0 Å². The molecule has 0 unspecified atom stereocenters. The van der Waals surface area contributed by atoms with Crippen molar-refractivity contribution in [2.24, 2.45) is 0 Å². The van der Waals surface area contributed by atoms with Gasteiger partial charge in [0.2, 0.25) is 0 Å². The van der Waals surface area contributed by atoms with Gasteiger partial charge in [-0.2, -0.15) is 0 Å². The maximum absolute atomic E-state index is 3.60. The van der Waals surface area contributed by atoms with Crippen LogP contribution in [0.25, 0.3) is 10.1 Å². The summed E-state index contributed by atoms with van der Waals surface area (Å²) < 4.78 is 2.62. The lowest BCUT2D eigenvalue weighted by atomic mass is 9.86. The number of hydrogen-bond acceptors (Lipinski definition) is 1. The molecule has 1 aromatic carbocycles. The zero-order valence-corrected chi connectivity index (χ0v) is 11.9. The average Bonchev–Trinajstić information content (AvgIpc) is 2.41. The third kappa shape index (κ3) is 1.98. The second-order valence-electron chi connectivity index (χ2n) is 4.96. The van der Waals surface area contributed by atoms with Crippen molar-refractivity contribution >= 4 is 37.4 Å². The number of rotatable bonds is 0. The number of thiophene rings is 1. The van der Waals surface area contributed by atoms with Gasteiger partial charge in [0.15, 0.2) is 0 Å². The lowest BCUT2D eigenvalue weighted by Gasteiger charge is -2.18. The van der Waals surface area contributed by atoms with E-state index in [1.165, 1.54) is 25.0 Å². The van der Waals surface area contributed by atoms with E-state index in [1.807, 2.05) is 11.3 Å². The van der Waals surface area contributed by atoms with Crippen LogP contribution in [0.1, 0.15) is 31.9 Å². The highest BCUT2D eigenvalue weighted by molar-refractivity contribution is 9.11. The molecule has 1 heterocycles. The Bertz CT molecular complexity index is 503. The van der Waals surface area contributed by atoms with Crippen molar-refractivity contribution < 1.29 is 0 Å². The van der Waals surface area contributed by atoms with Gasteiger partial charge in [0, 0.05) is 4.70 Å². The van der Waals surface area contributed by atoms with Crippen LogP contribution in [0.15, 0.2) is 22.0 Å². The molecule has 2 aromatic rings. The van der Waals surface area contributed by atoms with E-state index in [0.717, 1.165) is 0 Å². The Hall–Kier alpha value is -0.340. The second kappa shape index (κ2) is 3.60. The molecule has 0 aliphatic heterocycles. The van der Waals surface area contributed by atoms with Crippen molar-refractivity contribution in [2.75, 3.05) is 0 Å². The smallest absolute Gasteiger partial charge is 0.0740 e. The van der Waals surface area contributed by atoms with E-state index in [4.69, 9.17) is 0 Å². The molecule has 0 radical (unpaired) electrons. The number of benzene rings is 1. The van der Waals surface area contributed by atoms with E-state index in [0.29, 0.717) is 0 Å². The van der Waals surface area contributed by atoms with Gasteiger partial charge in [0.25, 0.3) is 0 Å². The van der Waals surface area contributed by atoms with Crippen molar-refractivity contribution in [3.8, 4) is 0 Å². The van der Waals surface area contributed by atoms with Crippen molar-refractivity contribution in [3.63, 3.8) is 0 Å². The van der Waals surface area contributed by atoms with Crippen molar-refractivity contribution in [2.45, 2.75) is 33.1 Å². The Kier molecular flexibility index (Phi) is 2.68. The maximum Gasteiger partial charge on any atom is 0.0740 e. The highest BCUT2D eigenvalue weighted by atomic mass is 79.9. The lowest BCUT2D eigenvalue weighted by molar-refractivity contribution is 0.591. The Morgan fingerprint density at radius 1 is 1.20 bits per heavy atom. The monoisotopic (exact) mass is 282 g/mol. The summed E-state index contributed by atoms with van der Waals surface area (Å²) >= 11 is 5.42. The molecular weight excluding hydrogens is 268 g/mol. The van der Waals surface area contributed by atoms with Gasteiger partial charge < -0.3 is 0 Å². The van der Waals surface area contributed by atoms with Crippen LogP contribution in [0.5, 0.6) is 0 Å². The largest absolute Gasteiger partial charge is 0.128 e. The first-order valence-electron chi connectivity index (χ1n) is 5.09. The number of fused-ring (bicyclic) bond motifs is 1. The molecule has 80 valence electrons. The summed E-state index contributed by atoms with van der Waals surface area (Å²) in [5, 5.41) is 1.39. The molecule has 0 saturated carbocycles. The van der Waals surface area contributed by atoms with Crippen LogP contribution in [0.4, 0.5) is 0 Å². The molecular formula is C13H15BrS. The normalized spacial score (nSPS) is 12.3. The van der Waals surface area contributed by atoms with Gasteiger partial charge in [-0.3, -0.25) is 0 Å². The van der Waals surface area contributed by atoms with Crippen molar-refractivity contribution in [1.82, 2.24) is 0 Å². The molecule has 0 fully saturated rings. The fourth-order valence-corrected chi connectivity index (χ4v) is 3.31. The minimum absolute atomic E-state index is 0.231. The third-order valence-electron chi connectivity index (χ3n) is 2.74. The SMILES string of the molecule is Cc1c(Br)sc2ccc(C(C)(C)C)cc12. The van der Waals surface area contributed by atoms with Crippen molar-refractivity contribution in [3.05, 3.63) is 33.1 Å². The molecule has 0 saturated heterocycles. The molecule has 15 heavy (non-hydrogen) atoms.